The van der Waals surface area contributed by atoms with Gasteiger partial charge in [0.2, 0.25) is 0 Å². The maximum Gasteiger partial charge on any atom is 0.155 e. The molecule has 0 radical (unpaired) electrons. The third-order valence-electron chi connectivity index (χ3n) is 3.40. The predicted octanol–water partition coefficient (Wildman–Crippen LogP) is 2.67. The number of rotatable bonds is 5. The van der Waals surface area contributed by atoms with Crippen molar-refractivity contribution in [2.75, 3.05) is 12.4 Å². The normalized spacial score (nSPS) is 14.4. The van der Waals surface area contributed by atoms with Crippen molar-refractivity contribution in [1.82, 2.24) is 0 Å². The fourth-order valence-electron chi connectivity index (χ4n) is 1.89. The first kappa shape index (κ1) is 16.2. The molecule has 0 aliphatic heterocycles. The zero-order valence-corrected chi connectivity index (χ0v) is 13.0. The van der Waals surface area contributed by atoms with Gasteiger partial charge in [0, 0.05) is 12.5 Å². The highest BCUT2D eigenvalue weighted by Crippen LogP contribution is 2.24. The van der Waals surface area contributed by atoms with E-state index in [1.807, 2.05) is 31.2 Å². The smallest absolute Gasteiger partial charge is 0.155 e. The summed E-state index contributed by atoms with van der Waals surface area (Å²) >= 11 is 0. The Kier molecular flexibility index (Phi) is 5.16. The third kappa shape index (κ3) is 4.32. The maximum absolute atomic E-state index is 12.1. The van der Waals surface area contributed by atoms with E-state index < -0.39 is 14.6 Å². The van der Waals surface area contributed by atoms with Crippen molar-refractivity contribution < 1.29 is 13.5 Å². The van der Waals surface area contributed by atoms with Crippen LogP contribution in [0.5, 0.6) is 0 Å². The van der Waals surface area contributed by atoms with E-state index in [2.05, 4.69) is 0 Å². The second-order valence-corrected chi connectivity index (χ2v) is 8.88. The van der Waals surface area contributed by atoms with Gasteiger partial charge in [0.15, 0.2) is 9.84 Å². The van der Waals surface area contributed by atoms with Crippen molar-refractivity contribution in [3.8, 4) is 0 Å². The van der Waals surface area contributed by atoms with Gasteiger partial charge in [-0.05, 0) is 39.7 Å². The average molecular weight is 284 g/mol. The van der Waals surface area contributed by atoms with Gasteiger partial charge in [-0.2, -0.15) is 0 Å². The van der Waals surface area contributed by atoms with Gasteiger partial charge in [-0.15, -0.1) is 0 Å². The number of aliphatic hydroxyl groups excluding tert-OH is 1. The summed E-state index contributed by atoms with van der Waals surface area (Å²) < 4.78 is 23.4. The summed E-state index contributed by atoms with van der Waals surface area (Å²) in [5, 5.41) is 9.48. The Labute approximate surface area is 116 Å². The van der Waals surface area contributed by atoms with Crippen LogP contribution in [-0.2, 0) is 9.84 Å². The average Bonchev–Trinajstić information content (AvgIpc) is 2.28. The quantitative estimate of drug-likeness (QED) is 0.904. The van der Waals surface area contributed by atoms with Crippen LogP contribution in [-0.4, -0.2) is 30.6 Å². The molecule has 1 N–H and O–H groups in total. The molecule has 0 bridgehead atoms. The van der Waals surface area contributed by atoms with Gasteiger partial charge >= 0.3 is 0 Å². The van der Waals surface area contributed by atoms with Gasteiger partial charge in [-0.3, -0.25) is 0 Å². The fourth-order valence-corrected chi connectivity index (χ4v) is 3.10. The van der Waals surface area contributed by atoms with Crippen molar-refractivity contribution in [2.45, 2.75) is 44.8 Å². The highest BCUT2D eigenvalue weighted by molar-refractivity contribution is 7.92. The predicted molar refractivity (Wildman–Crippen MR) is 79.2 cm³/mol. The second kappa shape index (κ2) is 6.06. The molecule has 0 heterocycles. The van der Waals surface area contributed by atoms with E-state index in [0.29, 0.717) is 6.42 Å². The van der Waals surface area contributed by atoms with E-state index in [0.717, 1.165) is 11.1 Å². The Morgan fingerprint density at radius 2 is 1.89 bits per heavy atom. The minimum absolute atomic E-state index is 0.0247. The van der Waals surface area contributed by atoms with Crippen molar-refractivity contribution in [1.29, 1.82) is 0 Å². The molecule has 1 unspecified atom stereocenters. The fraction of sp³-hybridized carbons (Fsp3) is 0.600. The molecule has 3 nitrogen and oxygen atoms in total. The molecule has 0 saturated heterocycles. The van der Waals surface area contributed by atoms with Crippen LogP contribution in [0.25, 0.3) is 0 Å². The van der Waals surface area contributed by atoms with Gasteiger partial charge in [0.25, 0.3) is 0 Å². The Morgan fingerprint density at radius 1 is 1.26 bits per heavy atom. The highest BCUT2D eigenvalue weighted by Gasteiger charge is 2.29. The van der Waals surface area contributed by atoms with Crippen molar-refractivity contribution in [3.05, 3.63) is 35.4 Å². The molecule has 19 heavy (non-hydrogen) atoms. The van der Waals surface area contributed by atoms with Crippen molar-refractivity contribution >= 4 is 9.84 Å². The minimum Gasteiger partial charge on any atom is -0.396 e. The summed E-state index contributed by atoms with van der Waals surface area (Å²) in [5.41, 5.74) is 2.13. The number of aryl methyl sites for hydroxylation is 1. The van der Waals surface area contributed by atoms with Crippen LogP contribution in [0.4, 0.5) is 0 Å². The Balaban J connectivity index is 2.80. The molecule has 1 aromatic rings. The van der Waals surface area contributed by atoms with E-state index in [1.54, 1.807) is 20.8 Å². The molecular weight excluding hydrogens is 260 g/mol. The monoisotopic (exact) mass is 284 g/mol. The number of benzene rings is 1. The summed E-state index contributed by atoms with van der Waals surface area (Å²) in [4.78, 5) is 0. The largest absolute Gasteiger partial charge is 0.396 e. The summed E-state index contributed by atoms with van der Waals surface area (Å²) in [5.74, 6) is -0.00705. The van der Waals surface area contributed by atoms with Gasteiger partial charge in [-0.1, -0.05) is 29.8 Å². The number of sulfone groups is 1. The molecule has 0 saturated carbocycles. The lowest BCUT2D eigenvalue weighted by Crippen LogP contribution is -2.31. The maximum atomic E-state index is 12.1. The molecule has 108 valence electrons. The molecule has 0 spiro atoms. The molecular formula is C15H24O3S. The van der Waals surface area contributed by atoms with Gasteiger partial charge in [-0.25, -0.2) is 8.42 Å². The lowest BCUT2D eigenvalue weighted by Gasteiger charge is -2.21. The van der Waals surface area contributed by atoms with Crippen LogP contribution in [0.1, 0.15) is 44.2 Å². The van der Waals surface area contributed by atoms with Crippen LogP contribution in [0, 0.1) is 6.92 Å². The van der Waals surface area contributed by atoms with Crippen LogP contribution in [0.15, 0.2) is 24.3 Å². The summed E-state index contributed by atoms with van der Waals surface area (Å²) in [6.45, 7) is 7.10. The third-order valence-corrected chi connectivity index (χ3v) is 6.04. The number of hydrogen-bond acceptors (Lipinski definition) is 3. The Bertz CT molecular complexity index is 512. The van der Waals surface area contributed by atoms with Gasteiger partial charge < -0.3 is 5.11 Å². The first-order valence-electron chi connectivity index (χ1n) is 6.57. The standard InChI is InChI=1S/C15H24O3S/c1-12-6-5-7-13(10-12)14(11-16)8-9-19(17,18)15(2,3)4/h5-7,10,14,16H,8-9,11H2,1-4H3. The topological polar surface area (TPSA) is 54.4 Å². The van der Waals surface area contributed by atoms with Crippen molar-refractivity contribution in [2.24, 2.45) is 0 Å². The number of hydrogen-bond donors (Lipinski definition) is 1. The molecule has 1 atom stereocenters. The van der Waals surface area contributed by atoms with Crippen LogP contribution in [0.2, 0.25) is 0 Å². The second-order valence-electron chi connectivity index (χ2n) is 6.01. The van der Waals surface area contributed by atoms with E-state index in [-0.39, 0.29) is 18.3 Å². The van der Waals surface area contributed by atoms with Crippen LogP contribution >= 0.6 is 0 Å². The lowest BCUT2D eigenvalue weighted by atomic mass is 9.96. The first-order chi connectivity index (χ1) is 8.67. The molecule has 4 heteroatoms. The van der Waals surface area contributed by atoms with Crippen molar-refractivity contribution in [3.63, 3.8) is 0 Å². The van der Waals surface area contributed by atoms with E-state index in [9.17, 15) is 13.5 Å². The van der Waals surface area contributed by atoms with Crippen LogP contribution < -0.4 is 0 Å². The molecule has 0 aromatic heterocycles. The van der Waals surface area contributed by atoms with Gasteiger partial charge in [0.1, 0.15) is 0 Å². The number of aliphatic hydroxyl groups is 1. The van der Waals surface area contributed by atoms with Crippen LogP contribution in [0.3, 0.4) is 0 Å². The highest BCUT2D eigenvalue weighted by atomic mass is 32.2. The molecule has 0 aliphatic rings. The molecule has 0 aliphatic carbocycles. The van der Waals surface area contributed by atoms with Gasteiger partial charge in [0.05, 0.1) is 10.5 Å². The Hall–Kier alpha value is -0.870. The molecule has 0 fully saturated rings. The summed E-state index contributed by atoms with van der Waals surface area (Å²) in [6.07, 6.45) is 0.458. The summed E-state index contributed by atoms with van der Waals surface area (Å²) in [6, 6.07) is 7.87. The zero-order valence-electron chi connectivity index (χ0n) is 12.2. The first-order valence-corrected chi connectivity index (χ1v) is 8.22. The Morgan fingerprint density at radius 3 is 2.37 bits per heavy atom. The molecule has 1 rings (SSSR count). The summed E-state index contributed by atoms with van der Waals surface area (Å²) in [7, 11) is -3.13. The van der Waals surface area contributed by atoms with E-state index in [1.165, 1.54) is 0 Å². The molecule has 0 amide bonds. The van der Waals surface area contributed by atoms with E-state index in [4.69, 9.17) is 0 Å². The molecule has 1 aromatic carbocycles. The zero-order chi connectivity index (χ0) is 14.7. The lowest BCUT2D eigenvalue weighted by molar-refractivity contribution is 0.262. The van der Waals surface area contributed by atoms with E-state index >= 15 is 0 Å². The SMILES string of the molecule is Cc1cccc(C(CO)CCS(=O)(=O)C(C)(C)C)c1. The minimum atomic E-state index is -3.13.